The third-order valence-electron chi connectivity index (χ3n) is 4.34. The first-order chi connectivity index (χ1) is 10.2. The van der Waals surface area contributed by atoms with E-state index in [4.69, 9.17) is 0 Å². The Hall–Kier alpha value is -1.60. The smallest absolute Gasteiger partial charge is 0.0387 e. The molecule has 1 nitrogen and oxygen atoms in total. The molecular formula is C20H27N. The van der Waals surface area contributed by atoms with Crippen LogP contribution in [0.5, 0.6) is 0 Å². The molecule has 21 heavy (non-hydrogen) atoms. The Morgan fingerprint density at radius 1 is 0.810 bits per heavy atom. The lowest BCUT2D eigenvalue weighted by Gasteiger charge is -2.27. The molecule has 0 aromatic heterocycles. The Kier molecular flexibility index (Phi) is 5.58. The highest BCUT2D eigenvalue weighted by molar-refractivity contribution is 5.31. The van der Waals surface area contributed by atoms with Crippen molar-refractivity contribution in [1.82, 2.24) is 5.32 Å². The van der Waals surface area contributed by atoms with Crippen molar-refractivity contribution in [3.8, 4) is 0 Å². The first-order valence-electron chi connectivity index (χ1n) is 7.99. The predicted octanol–water partition coefficient (Wildman–Crippen LogP) is 5.26. The average Bonchev–Trinajstić information content (AvgIpc) is 2.53. The van der Waals surface area contributed by atoms with E-state index in [-0.39, 0.29) is 0 Å². The molecule has 112 valence electrons. The van der Waals surface area contributed by atoms with Gasteiger partial charge in [-0.1, -0.05) is 75.4 Å². The van der Waals surface area contributed by atoms with Crippen molar-refractivity contribution in [2.24, 2.45) is 0 Å². The summed E-state index contributed by atoms with van der Waals surface area (Å²) in [5.74, 6) is 1.09. The molecule has 2 atom stereocenters. The molecule has 0 radical (unpaired) electrons. The van der Waals surface area contributed by atoms with Crippen molar-refractivity contribution in [2.75, 3.05) is 7.05 Å². The molecule has 0 amide bonds. The summed E-state index contributed by atoms with van der Waals surface area (Å²) in [6, 6.07) is 20.3. The van der Waals surface area contributed by atoms with Crippen molar-refractivity contribution >= 4 is 0 Å². The van der Waals surface area contributed by atoms with E-state index in [1.165, 1.54) is 16.7 Å². The molecule has 0 spiro atoms. The topological polar surface area (TPSA) is 12.0 Å². The maximum absolute atomic E-state index is 3.52. The van der Waals surface area contributed by atoms with Crippen LogP contribution in [0.3, 0.4) is 0 Å². The SMILES string of the molecule is CCC(c1ccccc1)C(NC)c1ccc(C(C)C)cc1. The van der Waals surface area contributed by atoms with E-state index in [0.717, 1.165) is 6.42 Å². The summed E-state index contributed by atoms with van der Waals surface area (Å²) < 4.78 is 0. The lowest BCUT2D eigenvalue weighted by molar-refractivity contribution is 0.468. The first kappa shape index (κ1) is 15.8. The lowest BCUT2D eigenvalue weighted by atomic mass is 9.84. The van der Waals surface area contributed by atoms with Crippen LogP contribution in [0.25, 0.3) is 0 Å². The summed E-state index contributed by atoms with van der Waals surface area (Å²) in [4.78, 5) is 0. The van der Waals surface area contributed by atoms with Gasteiger partial charge in [-0.05, 0) is 36.1 Å². The molecule has 0 aliphatic rings. The Morgan fingerprint density at radius 3 is 1.86 bits per heavy atom. The second kappa shape index (κ2) is 7.42. The van der Waals surface area contributed by atoms with Crippen molar-refractivity contribution in [2.45, 2.75) is 45.1 Å². The van der Waals surface area contributed by atoms with Gasteiger partial charge < -0.3 is 5.32 Å². The third-order valence-corrected chi connectivity index (χ3v) is 4.34. The van der Waals surface area contributed by atoms with Crippen LogP contribution >= 0.6 is 0 Å². The van der Waals surface area contributed by atoms with Crippen LogP contribution in [0, 0.1) is 0 Å². The van der Waals surface area contributed by atoms with E-state index in [0.29, 0.717) is 17.9 Å². The van der Waals surface area contributed by atoms with E-state index in [1.54, 1.807) is 0 Å². The van der Waals surface area contributed by atoms with Crippen LogP contribution in [0.1, 0.15) is 61.8 Å². The van der Waals surface area contributed by atoms with Gasteiger partial charge in [-0.15, -0.1) is 0 Å². The molecule has 2 unspecified atom stereocenters. The number of likely N-dealkylation sites (N-methyl/N-ethyl adjacent to an activating group) is 1. The minimum atomic E-state index is 0.360. The van der Waals surface area contributed by atoms with Crippen molar-refractivity contribution in [3.63, 3.8) is 0 Å². The van der Waals surface area contributed by atoms with Crippen LogP contribution in [0.15, 0.2) is 54.6 Å². The Morgan fingerprint density at radius 2 is 1.38 bits per heavy atom. The van der Waals surface area contributed by atoms with Crippen molar-refractivity contribution in [3.05, 3.63) is 71.3 Å². The largest absolute Gasteiger partial charge is 0.312 e. The van der Waals surface area contributed by atoms with E-state index >= 15 is 0 Å². The Bertz CT molecular complexity index is 528. The van der Waals surface area contributed by atoms with E-state index in [2.05, 4.69) is 87.7 Å². The summed E-state index contributed by atoms with van der Waals surface area (Å²) in [6.45, 7) is 6.75. The predicted molar refractivity (Wildman–Crippen MR) is 91.8 cm³/mol. The summed E-state index contributed by atoms with van der Waals surface area (Å²) >= 11 is 0. The first-order valence-corrected chi connectivity index (χ1v) is 7.99. The number of rotatable bonds is 6. The fraction of sp³-hybridized carbons (Fsp3) is 0.400. The molecule has 2 rings (SSSR count). The van der Waals surface area contributed by atoms with Crippen molar-refractivity contribution < 1.29 is 0 Å². The molecule has 1 heteroatoms. The monoisotopic (exact) mass is 281 g/mol. The summed E-state index contributed by atoms with van der Waals surface area (Å²) in [6.07, 6.45) is 1.13. The minimum absolute atomic E-state index is 0.360. The third kappa shape index (κ3) is 3.74. The fourth-order valence-corrected chi connectivity index (χ4v) is 3.05. The highest BCUT2D eigenvalue weighted by Gasteiger charge is 2.21. The zero-order valence-corrected chi connectivity index (χ0v) is 13.6. The normalized spacial score (nSPS) is 14.1. The zero-order chi connectivity index (χ0) is 15.2. The number of hydrogen-bond acceptors (Lipinski definition) is 1. The number of hydrogen-bond donors (Lipinski definition) is 1. The van der Waals surface area contributed by atoms with E-state index < -0.39 is 0 Å². The van der Waals surface area contributed by atoms with Gasteiger partial charge in [0.15, 0.2) is 0 Å². The Balaban J connectivity index is 2.29. The van der Waals surface area contributed by atoms with Crippen molar-refractivity contribution in [1.29, 1.82) is 0 Å². The van der Waals surface area contributed by atoms with Crippen LogP contribution in [-0.4, -0.2) is 7.05 Å². The molecule has 0 saturated heterocycles. The maximum atomic E-state index is 3.52. The summed E-state index contributed by atoms with van der Waals surface area (Å²) in [7, 11) is 2.06. The van der Waals surface area contributed by atoms with Gasteiger partial charge in [0, 0.05) is 12.0 Å². The minimum Gasteiger partial charge on any atom is -0.312 e. The van der Waals surface area contributed by atoms with Gasteiger partial charge in [0.05, 0.1) is 0 Å². The molecule has 0 aliphatic heterocycles. The zero-order valence-electron chi connectivity index (χ0n) is 13.6. The second-order valence-electron chi connectivity index (χ2n) is 6.01. The van der Waals surface area contributed by atoms with Crippen LogP contribution in [0.4, 0.5) is 0 Å². The van der Waals surface area contributed by atoms with Crippen LogP contribution in [-0.2, 0) is 0 Å². The summed E-state index contributed by atoms with van der Waals surface area (Å²) in [5.41, 5.74) is 4.19. The molecule has 0 bridgehead atoms. The second-order valence-corrected chi connectivity index (χ2v) is 6.01. The molecule has 0 aliphatic carbocycles. The van der Waals surface area contributed by atoms with E-state index in [1.807, 2.05) is 0 Å². The number of benzene rings is 2. The van der Waals surface area contributed by atoms with Crippen LogP contribution in [0.2, 0.25) is 0 Å². The molecule has 0 saturated carbocycles. The van der Waals surface area contributed by atoms with Gasteiger partial charge in [-0.25, -0.2) is 0 Å². The van der Waals surface area contributed by atoms with Gasteiger partial charge in [0.2, 0.25) is 0 Å². The van der Waals surface area contributed by atoms with Crippen LogP contribution < -0.4 is 5.32 Å². The molecule has 1 N–H and O–H groups in total. The molecule has 2 aromatic rings. The lowest BCUT2D eigenvalue weighted by Crippen LogP contribution is -2.23. The van der Waals surface area contributed by atoms with E-state index in [9.17, 15) is 0 Å². The maximum Gasteiger partial charge on any atom is 0.0387 e. The highest BCUT2D eigenvalue weighted by atomic mass is 14.9. The molecule has 0 fully saturated rings. The molecule has 0 heterocycles. The Labute approximate surface area is 129 Å². The van der Waals surface area contributed by atoms with Gasteiger partial charge in [-0.2, -0.15) is 0 Å². The number of nitrogens with one attached hydrogen (secondary N) is 1. The van der Waals surface area contributed by atoms with Gasteiger partial charge >= 0.3 is 0 Å². The summed E-state index contributed by atoms with van der Waals surface area (Å²) in [5, 5.41) is 3.52. The standard InChI is InChI=1S/C20H27N/c1-5-19(17-9-7-6-8-10-17)20(21-4)18-13-11-16(12-14-18)15(2)3/h6-15,19-21H,5H2,1-4H3. The quantitative estimate of drug-likeness (QED) is 0.761. The van der Waals surface area contributed by atoms with Gasteiger partial charge in [0.1, 0.15) is 0 Å². The highest BCUT2D eigenvalue weighted by Crippen LogP contribution is 2.33. The fourth-order valence-electron chi connectivity index (χ4n) is 3.05. The van der Waals surface area contributed by atoms with Gasteiger partial charge in [-0.3, -0.25) is 0 Å². The van der Waals surface area contributed by atoms with Gasteiger partial charge in [0.25, 0.3) is 0 Å². The average molecular weight is 281 g/mol. The molecule has 2 aromatic carbocycles. The molecular weight excluding hydrogens is 254 g/mol.